The summed E-state index contributed by atoms with van der Waals surface area (Å²) in [6, 6.07) is 3.32. The second-order valence-electron chi connectivity index (χ2n) is 6.09. The smallest absolute Gasteiger partial charge is 0.251 e. The Balaban J connectivity index is 1.71. The van der Waals surface area contributed by atoms with Gasteiger partial charge in [0.1, 0.15) is 10.8 Å². The number of thiophene rings is 1. The zero-order valence-electron chi connectivity index (χ0n) is 13.8. The Morgan fingerprint density at radius 2 is 2.25 bits per heavy atom. The van der Waals surface area contributed by atoms with Crippen LogP contribution in [0.1, 0.15) is 39.9 Å². The van der Waals surface area contributed by atoms with Crippen molar-refractivity contribution in [3.63, 3.8) is 0 Å². The molecule has 2 aromatic heterocycles. The Bertz CT molecular complexity index is 751. The molecule has 0 aromatic carbocycles. The minimum atomic E-state index is -0.471. The van der Waals surface area contributed by atoms with E-state index in [0.29, 0.717) is 17.1 Å². The van der Waals surface area contributed by atoms with Crippen LogP contribution in [0.4, 0.5) is 5.00 Å². The van der Waals surface area contributed by atoms with E-state index in [0.717, 1.165) is 35.5 Å². The maximum atomic E-state index is 12.6. The van der Waals surface area contributed by atoms with E-state index in [9.17, 15) is 9.59 Å². The second-order valence-corrected chi connectivity index (χ2v) is 7.19. The minimum absolute atomic E-state index is 0.161. The Hall–Kier alpha value is -2.12. The van der Waals surface area contributed by atoms with Crippen molar-refractivity contribution in [2.24, 2.45) is 5.73 Å². The normalized spacial score (nSPS) is 14.6. The highest BCUT2D eigenvalue weighted by Gasteiger charge is 2.27. The van der Waals surface area contributed by atoms with Crippen molar-refractivity contribution in [2.75, 3.05) is 12.4 Å². The van der Waals surface area contributed by atoms with Gasteiger partial charge in [0.2, 0.25) is 5.91 Å². The molecule has 1 aliphatic carbocycles. The third kappa shape index (κ3) is 3.22. The number of furan rings is 1. The van der Waals surface area contributed by atoms with Gasteiger partial charge in [0.05, 0.1) is 24.4 Å². The third-order valence-electron chi connectivity index (χ3n) is 4.43. The molecule has 2 heterocycles. The third-order valence-corrected chi connectivity index (χ3v) is 5.64. The molecule has 7 heteroatoms. The molecule has 0 unspecified atom stereocenters. The first kappa shape index (κ1) is 16.7. The van der Waals surface area contributed by atoms with Crippen LogP contribution in [0.5, 0.6) is 0 Å². The monoisotopic (exact) mass is 347 g/mol. The van der Waals surface area contributed by atoms with Crippen LogP contribution in [0.15, 0.2) is 22.8 Å². The van der Waals surface area contributed by atoms with Crippen LogP contribution in [0.3, 0.4) is 0 Å². The number of nitrogens with two attached hydrogens (primary N) is 1. The highest BCUT2D eigenvalue weighted by Crippen LogP contribution is 2.38. The first-order valence-corrected chi connectivity index (χ1v) is 8.77. The van der Waals surface area contributed by atoms with E-state index in [1.165, 1.54) is 11.3 Å². The number of carbonyl (C=O) groups excluding carboxylic acids is 2. The molecule has 3 rings (SSSR count). The van der Waals surface area contributed by atoms with Gasteiger partial charge in [-0.2, -0.15) is 0 Å². The van der Waals surface area contributed by atoms with E-state index in [1.54, 1.807) is 6.26 Å². The molecule has 3 N–H and O–H groups in total. The fourth-order valence-electron chi connectivity index (χ4n) is 2.95. The van der Waals surface area contributed by atoms with Crippen molar-refractivity contribution in [1.82, 2.24) is 4.90 Å². The van der Waals surface area contributed by atoms with Crippen molar-refractivity contribution in [1.29, 1.82) is 0 Å². The predicted octanol–water partition coefficient (Wildman–Crippen LogP) is 2.39. The molecule has 0 radical (unpaired) electrons. The summed E-state index contributed by atoms with van der Waals surface area (Å²) in [4.78, 5) is 27.4. The van der Waals surface area contributed by atoms with Crippen LogP contribution >= 0.6 is 11.3 Å². The predicted molar refractivity (Wildman–Crippen MR) is 93.1 cm³/mol. The molecule has 0 fully saturated rings. The fraction of sp³-hybridized carbons (Fsp3) is 0.412. The quantitative estimate of drug-likeness (QED) is 0.840. The van der Waals surface area contributed by atoms with Gasteiger partial charge in [-0.1, -0.05) is 0 Å². The number of likely N-dealkylation sites (N-methyl/N-ethyl adjacent to an activating group) is 1. The molecular weight excluding hydrogens is 326 g/mol. The van der Waals surface area contributed by atoms with Crippen molar-refractivity contribution in [2.45, 2.75) is 38.8 Å². The number of nitrogens with one attached hydrogen (secondary N) is 1. The summed E-state index contributed by atoms with van der Waals surface area (Å²) >= 11 is 1.47. The van der Waals surface area contributed by atoms with E-state index in [4.69, 9.17) is 10.2 Å². The maximum absolute atomic E-state index is 12.6. The highest BCUT2D eigenvalue weighted by molar-refractivity contribution is 7.17. The number of carbonyl (C=O) groups is 2. The molecule has 0 saturated carbocycles. The lowest BCUT2D eigenvalue weighted by atomic mass is 10.1. The number of rotatable bonds is 6. The first-order chi connectivity index (χ1) is 11.5. The number of hydrogen-bond donors (Lipinski definition) is 2. The molecule has 0 bridgehead atoms. The van der Waals surface area contributed by atoms with Crippen molar-refractivity contribution < 1.29 is 14.0 Å². The lowest BCUT2D eigenvalue weighted by Gasteiger charge is -2.22. The van der Waals surface area contributed by atoms with E-state index in [-0.39, 0.29) is 11.9 Å². The average Bonchev–Trinajstić information content (AvgIpc) is 3.22. The van der Waals surface area contributed by atoms with Gasteiger partial charge in [0.25, 0.3) is 5.91 Å². The van der Waals surface area contributed by atoms with E-state index >= 15 is 0 Å². The van der Waals surface area contributed by atoms with Crippen molar-refractivity contribution in [3.8, 4) is 0 Å². The number of aryl methyl sites for hydroxylation is 1. The Kier molecular flexibility index (Phi) is 4.73. The van der Waals surface area contributed by atoms with E-state index in [2.05, 4.69) is 5.32 Å². The first-order valence-electron chi connectivity index (χ1n) is 7.95. The van der Waals surface area contributed by atoms with Crippen LogP contribution in [0.2, 0.25) is 0 Å². The summed E-state index contributed by atoms with van der Waals surface area (Å²) in [5, 5.41) is 3.47. The number of primary amides is 1. The number of hydrogen-bond acceptors (Lipinski definition) is 5. The van der Waals surface area contributed by atoms with E-state index in [1.807, 2.05) is 31.0 Å². The van der Waals surface area contributed by atoms with Gasteiger partial charge in [0, 0.05) is 4.88 Å². The van der Waals surface area contributed by atoms with Gasteiger partial charge in [-0.3, -0.25) is 14.5 Å². The van der Waals surface area contributed by atoms with Crippen LogP contribution < -0.4 is 11.1 Å². The zero-order valence-corrected chi connectivity index (χ0v) is 14.6. The number of amides is 2. The lowest BCUT2D eigenvalue weighted by molar-refractivity contribution is -0.120. The van der Waals surface area contributed by atoms with Crippen LogP contribution in [0.25, 0.3) is 0 Å². The van der Waals surface area contributed by atoms with Gasteiger partial charge >= 0.3 is 0 Å². The summed E-state index contributed by atoms with van der Waals surface area (Å²) in [5.41, 5.74) is 7.03. The Labute approximate surface area is 144 Å². The molecule has 0 aliphatic heterocycles. The highest BCUT2D eigenvalue weighted by atomic mass is 32.1. The summed E-state index contributed by atoms with van der Waals surface area (Å²) in [5.74, 6) is 0.165. The van der Waals surface area contributed by atoms with Gasteiger partial charge in [0.15, 0.2) is 0 Å². The molecule has 128 valence electrons. The van der Waals surface area contributed by atoms with Gasteiger partial charge in [-0.25, -0.2) is 0 Å². The summed E-state index contributed by atoms with van der Waals surface area (Å²) in [6.07, 6.45) is 4.45. The molecule has 0 spiro atoms. The van der Waals surface area contributed by atoms with Crippen molar-refractivity contribution >= 4 is 28.2 Å². The van der Waals surface area contributed by atoms with E-state index < -0.39 is 5.91 Å². The molecule has 24 heavy (non-hydrogen) atoms. The Morgan fingerprint density at radius 1 is 1.46 bits per heavy atom. The number of nitrogens with zero attached hydrogens (tertiary/aromatic N) is 1. The second kappa shape index (κ2) is 6.78. The van der Waals surface area contributed by atoms with Crippen molar-refractivity contribution in [3.05, 3.63) is 40.2 Å². The number of fused-ring (bicyclic) bond motifs is 1. The minimum Gasteiger partial charge on any atom is -0.468 e. The largest absolute Gasteiger partial charge is 0.468 e. The average molecular weight is 347 g/mol. The summed E-state index contributed by atoms with van der Waals surface area (Å²) in [7, 11) is 1.86. The molecular formula is C17H21N3O3S. The Morgan fingerprint density at radius 3 is 2.92 bits per heavy atom. The van der Waals surface area contributed by atoms with Crippen LogP contribution in [-0.4, -0.2) is 29.8 Å². The standard InChI is InChI=1S/C17H21N3O3S/c1-10(20(2)9-11-5-4-8-23-11)16(22)19-17-14(15(18)21)12-6-3-7-13(12)24-17/h4-5,8,10H,3,6-7,9H2,1-2H3,(H2,18,21)(H,19,22)/t10-/m1/s1. The van der Waals surface area contributed by atoms with Crippen LogP contribution in [-0.2, 0) is 24.2 Å². The maximum Gasteiger partial charge on any atom is 0.251 e. The molecule has 0 saturated heterocycles. The molecule has 1 atom stereocenters. The topological polar surface area (TPSA) is 88.6 Å². The molecule has 6 nitrogen and oxygen atoms in total. The molecule has 2 amide bonds. The summed E-state index contributed by atoms with van der Waals surface area (Å²) < 4.78 is 5.31. The van der Waals surface area contributed by atoms with Crippen LogP contribution in [0, 0.1) is 0 Å². The van der Waals surface area contributed by atoms with Gasteiger partial charge in [-0.05, 0) is 50.9 Å². The molecule has 1 aliphatic rings. The van der Waals surface area contributed by atoms with Gasteiger partial charge in [-0.15, -0.1) is 11.3 Å². The zero-order chi connectivity index (χ0) is 17.3. The summed E-state index contributed by atoms with van der Waals surface area (Å²) in [6.45, 7) is 2.36. The fourth-order valence-corrected chi connectivity index (χ4v) is 4.25. The van der Waals surface area contributed by atoms with Gasteiger partial charge < -0.3 is 15.5 Å². The SMILES string of the molecule is C[C@H](C(=O)Nc1sc2c(c1C(N)=O)CCC2)N(C)Cc1ccco1. The molecule has 2 aromatic rings. The number of anilines is 1. The lowest BCUT2D eigenvalue weighted by Crippen LogP contribution is -2.39.